The predicted octanol–water partition coefficient (Wildman–Crippen LogP) is 1.63. The average molecular weight is 325 g/mol. The lowest BCUT2D eigenvalue weighted by Crippen LogP contribution is -2.34. The van der Waals surface area contributed by atoms with E-state index in [9.17, 15) is 17.6 Å². The first-order chi connectivity index (χ1) is 9.27. The summed E-state index contributed by atoms with van der Waals surface area (Å²) in [6.07, 6.45) is -0.105. The molecule has 112 valence electrons. The molecule has 0 saturated heterocycles. The molecule has 0 radical (unpaired) electrons. The number of rotatable bonds is 6. The van der Waals surface area contributed by atoms with Gasteiger partial charge in [-0.2, -0.15) is 12.7 Å². The molecule has 0 aliphatic heterocycles. The molecular formula is C11H14ClFN2O4S. The Kier molecular flexibility index (Phi) is 5.73. The first-order valence-corrected chi connectivity index (χ1v) is 7.34. The van der Waals surface area contributed by atoms with Gasteiger partial charge in [-0.25, -0.2) is 4.39 Å². The van der Waals surface area contributed by atoms with Gasteiger partial charge < -0.3 is 4.74 Å². The van der Waals surface area contributed by atoms with Crippen LogP contribution >= 0.6 is 11.6 Å². The van der Waals surface area contributed by atoms with Gasteiger partial charge in [-0.3, -0.25) is 9.52 Å². The van der Waals surface area contributed by atoms with Crippen molar-refractivity contribution in [1.82, 2.24) is 4.31 Å². The number of hydrogen-bond donors (Lipinski definition) is 1. The van der Waals surface area contributed by atoms with Crippen LogP contribution in [0, 0.1) is 5.82 Å². The van der Waals surface area contributed by atoms with Crippen molar-refractivity contribution in [3.8, 4) is 0 Å². The number of carbonyl (C=O) groups excluding carboxylic acids is 1. The molecule has 1 aromatic rings. The summed E-state index contributed by atoms with van der Waals surface area (Å²) in [6, 6.07) is 3.96. The van der Waals surface area contributed by atoms with Gasteiger partial charge >= 0.3 is 16.2 Å². The molecule has 0 aromatic heterocycles. The minimum Gasteiger partial charge on any atom is -0.469 e. The zero-order chi connectivity index (χ0) is 15.3. The van der Waals surface area contributed by atoms with Crippen molar-refractivity contribution in [2.24, 2.45) is 0 Å². The second kappa shape index (κ2) is 6.87. The van der Waals surface area contributed by atoms with Gasteiger partial charge in [0.15, 0.2) is 5.82 Å². The Bertz CT molecular complexity index is 594. The van der Waals surface area contributed by atoms with Gasteiger partial charge in [-0.15, -0.1) is 0 Å². The summed E-state index contributed by atoms with van der Waals surface area (Å²) < 4.78 is 44.8. The fourth-order valence-electron chi connectivity index (χ4n) is 1.27. The normalized spacial score (nSPS) is 11.4. The van der Waals surface area contributed by atoms with Gasteiger partial charge in [0, 0.05) is 13.6 Å². The number of benzene rings is 1. The minimum absolute atomic E-state index is 0.0931. The van der Waals surface area contributed by atoms with Crippen molar-refractivity contribution in [2.75, 3.05) is 25.4 Å². The summed E-state index contributed by atoms with van der Waals surface area (Å²) in [5, 5.41) is -0.192. The van der Waals surface area contributed by atoms with Crippen molar-refractivity contribution in [3.05, 3.63) is 29.0 Å². The smallest absolute Gasteiger partial charge is 0.306 e. The van der Waals surface area contributed by atoms with Crippen LogP contribution in [0.3, 0.4) is 0 Å². The highest BCUT2D eigenvalue weighted by atomic mass is 35.5. The van der Waals surface area contributed by atoms with Crippen LogP contribution in [0.5, 0.6) is 0 Å². The van der Waals surface area contributed by atoms with Crippen molar-refractivity contribution < 1.29 is 22.3 Å². The number of hydrogen-bond acceptors (Lipinski definition) is 4. The van der Waals surface area contributed by atoms with Crippen LogP contribution in [0.15, 0.2) is 18.2 Å². The van der Waals surface area contributed by atoms with E-state index in [1.165, 1.54) is 32.4 Å². The quantitative estimate of drug-likeness (QED) is 0.807. The average Bonchev–Trinajstić information content (AvgIpc) is 2.40. The molecular weight excluding hydrogens is 311 g/mol. The summed E-state index contributed by atoms with van der Waals surface area (Å²) in [5.74, 6) is -1.40. The van der Waals surface area contributed by atoms with Gasteiger partial charge in [0.25, 0.3) is 0 Å². The van der Waals surface area contributed by atoms with E-state index in [2.05, 4.69) is 9.46 Å². The molecule has 0 heterocycles. The van der Waals surface area contributed by atoms with E-state index in [1.807, 2.05) is 0 Å². The molecule has 0 amide bonds. The number of anilines is 1. The zero-order valence-corrected chi connectivity index (χ0v) is 12.5. The highest BCUT2D eigenvalue weighted by Gasteiger charge is 2.20. The van der Waals surface area contributed by atoms with E-state index in [1.54, 1.807) is 0 Å². The van der Waals surface area contributed by atoms with Crippen molar-refractivity contribution in [2.45, 2.75) is 6.42 Å². The maximum absolute atomic E-state index is 13.6. The zero-order valence-electron chi connectivity index (χ0n) is 10.9. The second-order valence-corrected chi connectivity index (χ2v) is 6.04. The van der Waals surface area contributed by atoms with Crippen LogP contribution < -0.4 is 4.72 Å². The molecule has 1 N–H and O–H groups in total. The predicted molar refractivity (Wildman–Crippen MR) is 73.2 cm³/mol. The number of halogens is 2. The number of nitrogens with zero attached hydrogens (tertiary/aromatic N) is 1. The molecule has 0 bridgehead atoms. The van der Waals surface area contributed by atoms with Crippen molar-refractivity contribution in [1.29, 1.82) is 0 Å². The molecule has 1 rings (SSSR count). The third-order valence-corrected chi connectivity index (χ3v) is 4.23. The summed E-state index contributed by atoms with van der Waals surface area (Å²) in [7, 11) is -1.52. The summed E-state index contributed by atoms with van der Waals surface area (Å²) >= 11 is 5.56. The number of carbonyl (C=O) groups is 1. The number of methoxy groups -OCH3 is 1. The minimum atomic E-state index is -3.98. The molecule has 0 aliphatic carbocycles. The third-order valence-electron chi connectivity index (χ3n) is 2.46. The lowest BCUT2D eigenvalue weighted by molar-refractivity contribution is -0.140. The third kappa shape index (κ3) is 4.32. The Labute approximate surface area is 121 Å². The number of esters is 1. The Morgan fingerprint density at radius 1 is 1.50 bits per heavy atom. The van der Waals surface area contributed by atoms with E-state index in [4.69, 9.17) is 11.6 Å². The van der Waals surface area contributed by atoms with Crippen LogP contribution in [-0.4, -0.2) is 39.4 Å². The van der Waals surface area contributed by atoms with E-state index in [-0.39, 0.29) is 23.7 Å². The first kappa shape index (κ1) is 16.7. The second-order valence-electron chi connectivity index (χ2n) is 3.86. The Morgan fingerprint density at radius 2 is 2.15 bits per heavy atom. The molecule has 0 spiro atoms. The van der Waals surface area contributed by atoms with Crippen molar-refractivity contribution >= 4 is 33.5 Å². The van der Waals surface area contributed by atoms with Crippen LogP contribution in [0.25, 0.3) is 0 Å². The SMILES string of the molecule is COC(=O)CCN(C)S(=O)(=O)Nc1cccc(Cl)c1F. The van der Waals surface area contributed by atoms with Crippen LogP contribution in [0.2, 0.25) is 5.02 Å². The van der Waals surface area contributed by atoms with E-state index < -0.39 is 22.0 Å². The summed E-state index contributed by atoms with van der Waals surface area (Å²) in [4.78, 5) is 11.0. The largest absolute Gasteiger partial charge is 0.469 e. The van der Waals surface area contributed by atoms with Gasteiger partial charge in [-0.05, 0) is 12.1 Å². The number of nitrogens with one attached hydrogen (secondary N) is 1. The standard InChI is InChI=1S/C11H14ClFN2O4S/c1-15(7-6-10(16)19-2)20(17,18)14-9-5-3-4-8(12)11(9)13/h3-5,14H,6-7H2,1-2H3. The maximum atomic E-state index is 13.6. The topological polar surface area (TPSA) is 75.7 Å². The van der Waals surface area contributed by atoms with Gasteiger partial charge in [0.05, 0.1) is 24.2 Å². The number of ether oxygens (including phenoxy) is 1. The Balaban J connectivity index is 2.79. The molecule has 9 heteroatoms. The Morgan fingerprint density at radius 3 is 2.75 bits per heavy atom. The highest BCUT2D eigenvalue weighted by molar-refractivity contribution is 7.90. The van der Waals surface area contributed by atoms with E-state index in [0.29, 0.717) is 0 Å². The van der Waals surface area contributed by atoms with Gasteiger partial charge in [0.2, 0.25) is 0 Å². The summed E-state index contributed by atoms with van der Waals surface area (Å²) in [6.45, 7) is -0.0931. The lowest BCUT2D eigenvalue weighted by atomic mass is 10.3. The molecule has 20 heavy (non-hydrogen) atoms. The summed E-state index contributed by atoms with van der Waals surface area (Å²) in [5.41, 5.74) is -0.262. The molecule has 0 fully saturated rings. The maximum Gasteiger partial charge on any atom is 0.306 e. The van der Waals surface area contributed by atoms with Crippen LogP contribution in [0.4, 0.5) is 10.1 Å². The van der Waals surface area contributed by atoms with Gasteiger partial charge in [-0.1, -0.05) is 17.7 Å². The molecule has 0 aliphatic rings. The Hall–Kier alpha value is -1.38. The van der Waals surface area contributed by atoms with Crippen molar-refractivity contribution in [3.63, 3.8) is 0 Å². The monoisotopic (exact) mass is 324 g/mol. The fourth-order valence-corrected chi connectivity index (χ4v) is 2.37. The van der Waals surface area contributed by atoms with E-state index in [0.717, 1.165) is 4.31 Å². The van der Waals surface area contributed by atoms with Gasteiger partial charge in [0.1, 0.15) is 0 Å². The molecule has 1 aromatic carbocycles. The molecule has 6 nitrogen and oxygen atoms in total. The fraction of sp³-hybridized carbons (Fsp3) is 0.364. The van der Waals surface area contributed by atoms with Crippen LogP contribution in [-0.2, 0) is 19.7 Å². The highest BCUT2D eigenvalue weighted by Crippen LogP contribution is 2.23. The van der Waals surface area contributed by atoms with E-state index >= 15 is 0 Å². The lowest BCUT2D eigenvalue weighted by Gasteiger charge is -2.18. The molecule has 0 atom stereocenters. The first-order valence-electron chi connectivity index (χ1n) is 5.53. The molecule has 0 saturated carbocycles. The van der Waals surface area contributed by atoms with Crippen LogP contribution in [0.1, 0.15) is 6.42 Å². The molecule has 0 unspecified atom stereocenters.